The molecule has 0 unspecified atom stereocenters. The summed E-state index contributed by atoms with van der Waals surface area (Å²) < 4.78 is 0. The standard InChI is InChI=1S/C26H33NO2.ClH.H2O/c28-25(23-14-12-22(13-15-23)21-7-4-5-8-21)11-6-18-27-19-16-26(29,17-20-27)24-9-2-1-3-10-24;;/h1-3,9-10,12-15,21,29H,4-8,11,16-20H2;1H;1H2. The van der Waals surface area contributed by atoms with Crippen molar-refractivity contribution in [2.75, 3.05) is 19.6 Å². The van der Waals surface area contributed by atoms with E-state index in [1.165, 1.54) is 31.2 Å². The molecule has 4 nitrogen and oxygen atoms in total. The lowest BCUT2D eigenvalue weighted by molar-refractivity contribution is -0.0260. The summed E-state index contributed by atoms with van der Waals surface area (Å²) in [4.78, 5) is 14.9. The van der Waals surface area contributed by atoms with Gasteiger partial charge in [0.05, 0.1) is 5.60 Å². The minimum absolute atomic E-state index is 0. The van der Waals surface area contributed by atoms with Crippen molar-refractivity contribution in [1.29, 1.82) is 0 Å². The smallest absolute Gasteiger partial charge is 0.162 e. The normalized spacial score (nSPS) is 18.7. The molecule has 1 saturated carbocycles. The third kappa shape index (κ3) is 6.39. The van der Waals surface area contributed by atoms with Crippen LogP contribution >= 0.6 is 12.4 Å². The summed E-state index contributed by atoms with van der Waals surface area (Å²) in [5.74, 6) is 0.952. The van der Waals surface area contributed by atoms with Gasteiger partial charge in [-0.05, 0) is 55.7 Å². The van der Waals surface area contributed by atoms with E-state index in [1.54, 1.807) is 0 Å². The minimum atomic E-state index is -0.700. The van der Waals surface area contributed by atoms with E-state index in [0.717, 1.165) is 50.0 Å². The number of rotatable bonds is 7. The Hall–Kier alpha value is -1.72. The third-order valence-electron chi connectivity index (χ3n) is 6.93. The summed E-state index contributed by atoms with van der Waals surface area (Å²) in [7, 11) is 0. The summed E-state index contributed by atoms with van der Waals surface area (Å²) in [6.45, 7) is 2.70. The fraction of sp³-hybridized carbons (Fsp3) is 0.500. The Balaban J connectivity index is 0.00000171. The molecule has 1 aliphatic carbocycles. The van der Waals surface area contributed by atoms with Gasteiger partial charge in [-0.25, -0.2) is 0 Å². The van der Waals surface area contributed by atoms with Crippen LogP contribution in [-0.2, 0) is 5.60 Å². The average Bonchev–Trinajstić information content (AvgIpc) is 3.31. The first kappa shape index (κ1) is 25.5. The van der Waals surface area contributed by atoms with Crippen LogP contribution in [0.25, 0.3) is 0 Å². The van der Waals surface area contributed by atoms with E-state index in [4.69, 9.17) is 0 Å². The molecule has 0 bridgehead atoms. The molecule has 0 spiro atoms. The molecular formula is C26H36ClNO3. The lowest BCUT2D eigenvalue weighted by Crippen LogP contribution is -2.42. The second kappa shape index (κ2) is 11.8. The highest BCUT2D eigenvalue weighted by Crippen LogP contribution is 2.34. The van der Waals surface area contributed by atoms with Gasteiger partial charge in [0.25, 0.3) is 0 Å². The SMILES string of the molecule is Cl.O.O=C(CCCN1CCC(O)(c2ccccc2)CC1)c1ccc(C2CCCC2)cc1. The molecule has 0 radical (unpaired) electrons. The van der Waals surface area contributed by atoms with E-state index in [1.807, 2.05) is 42.5 Å². The zero-order valence-corrected chi connectivity index (χ0v) is 19.1. The molecular weight excluding hydrogens is 410 g/mol. The molecule has 1 heterocycles. The van der Waals surface area contributed by atoms with E-state index >= 15 is 0 Å². The van der Waals surface area contributed by atoms with E-state index in [2.05, 4.69) is 17.0 Å². The van der Waals surface area contributed by atoms with Crippen LogP contribution in [0.5, 0.6) is 0 Å². The van der Waals surface area contributed by atoms with Crippen molar-refractivity contribution < 1.29 is 15.4 Å². The predicted molar refractivity (Wildman–Crippen MR) is 128 cm³/mol. The molecule has 31 heavy (non-hydrogen) atoms. The fourth-order valence-corrected chi connectivity index (χ4v) is 4.99. The zero-order chi connectivity index (χ0) is 20.1. The van der Waals surface area contributed by atoms with Gasteiger partial charge >= 0.3 is 0 Å². The Bertz CT molecular complexity index is 795. The highest BCUT2D eigenvalue weighted by Gasteiger charge is 2.33. The zero-order valence-electron chi connectivity index (χ0n) is 18.3. The molecule has 170 valence electrons. The first-order valence-corrected chi connectivity index (χ1v) is 11.3. The van der Waals surface area contributed by atoms with Crippen molar-refractivity contribution >= 4 is 18.2 Å². The van der Waals surface area contributed by atoms with Crippen LogP contribution in [0.3, 0.4) is 0 Å². The average molecular weight is 446 g/mol. The molecule has 2 fully saturated rings. The largest absolute Gasteiger partial charge is 0.412 e. The second-order valence-corrected chi connectivity index (χ2v) is 8.87. The molecule has 1 saturated heterocycles. The Morgan fingerprint density at radius 3 is 2.19 bits per heavy atom. The third-order valence-corrected chi connectivity index (χ3v) is 6.93. The van der Waals surface area contributed by atoms with Gasteiger partial charge in [-0.1, -0.05) is 67.4 Å². The number of hydrogen-bond donors (Lipinski definition) is 1. The molecule has 1 aliphatic heterocycles. The first-order valence-electron chi connectivity index (χ1n) is 11.3. The summed E-state index contributed by atoms with van der Waals surface area (Å²) in [5, 5.41) is 10.9. The van der Waals surface area contributed by atoms with E-state index in [9.17, 15) is 9.90 Å². The van der Waals surface area contributed by atoms with Crippen LogP contribution in [0.4, 0.5) is 0 Å². The number of piperidine rings is 1. The Morgan fingerprint density at radius 2 is 1.58 bits per heavy atom. The molecule has 2 aromatic carbocycles. The Labute approximate surface area is 192 Å². The lowest BCUT2D eigenvalue weighted by atomic mass is 9.84. The molecule has 3 N–H and O–H groups in total. The number of carbonyl (C=O) groups is 1. The van der Waals surface area contributed by atoms with Crippen molar-refractivity contribution in [3.05, 3.63) is 71.3 Å². The molecule has 2 aliphatic rings. The van der Waals surface area contributed by atoms with E-state index in [0.29, 0.717) is 12.3 Å². The molecule has 0 aromatic heterocycles. The van der Waals surface area contributed by atoms with Crippen LogP contribution in [0, 0.1) is 0 Å². The maximum Gasteiger partial charge on any atom is 0.162 e. The van der Waals surface area contributed by atoms with Gasteiger partial charge in [0.1, 0.15) is 0 Å². The van der Waals surface area contributed by atoms with Crippen LogP contribution in [0.1, 0.15) is 78.8 Å². The number of Topliss-reactive ketones (excluding diaryl/α,β-unsaturated/α-hetero) is 1. The van der Waals surface area contributed by atoms with Gasteiger partial charge in [-0.3, -0.25) is 4.79 Å². The summed E-state index contributed by atoms with van der Waals surface area (Å²) in [5.41, 5.74) is 2.58. The molecule has 0 amide bonds. The number of likely N-dealkylation sites (tertiary alicyclic amines) is 1. The van der Waals surface area contributed by atoms with Crippen LogP contribution in [-0.4, -0.2) is 40.9 Å². The number of nitrogens with zero attached hydrogens (tertiary/aromatic N) is 1. The van der Waals surface area contributed by atoms with Crippen molar-refractivity contribution in [2.45, 2.75) is 62.9 Å². The number of halogens is 1. The number of carbonyl (C=O) groups excluding carboxylic acids is 1. The molecule has 0 atom stereocenters. The topological polar surface area (TPSA) is 72.0 Å². The maximum atomic E-state index is 12.5. The highest BCUT2D eigenvalue weighted by atomic mass is 35.5. The molecule has 2 aromatic rings. The highest BCUT2D eigenvalue weighted by molar-refractivity contribution is 5.96. The van der Waals surface area contributed by atoms with Crippen molar-refractivity contribution in [3.8, 4) is 0 Å². The molecule has 4 rings (SSSR count). The van der Waals surface area contributed by atoms with Gasteiger partial charge in [-0.15, -0.1) is 12.4 Å². The quantitative estimate of drug-likeness (QED) is 0.617. The summed E-state index contributed by atoms with van der Waals surface area (Å²) >= 11 is 0. The number of benzene rings is 2. The number of ketones is 1. The summed E-state index contributed by atoms with van der Waals surface area (Å²) in [6, 6.07) is 18.4. The predicted octanol–water partition coefficient (Wildman–Crippen LogP) is 4.89. The van der Waals surface area contributed by atoms with Crippen molar-refractivity contribution in [3.63, 3.8) is 0 Å². The molecule has 5 heteroatoms. The monoisotopic (exact) mass is 445 g/mol. The summed E-state index contributed by atoms with van der Waals surface area (Å²) in [6.07, 6.45) is 8.26. The minimum Gasteiger partial charge on any atom is -0.412 e. The number of aliphatic hydroxyl groups is 1. The number of hydrogen-bond acceptors (Lipinski definition) is 3. The van der Waals surface area contributed by atoms with E-state index in [-0.39, 0.29) is 23.7 Å². The van der Waals surface area contributed by atoms with Gasteiger partial charge in [0.15, 0.2) is 5.78 Å². The van der Waals surface area contributed by atoms with Crippen molar-refractivity contribution in [2.24, 2.45) is 0 Å². The van der Waals surface area contributed by atoms with Crippen LogP contribution in [0.2, 0.25) is 0 Å². The first-order chi connectivity index (χ1) is 14.1. The maximum absolute atomic E-state index is 12.5. The van der Waals surface area contributed by atoms with Gasteiger partial charge in [-0.2, -0.15) is 0 Å². The van der Waals surface area contributed by atoms with Crippen molar-refractivity contribution in [1.82, 2.24) is 4.90 Å². The van der Waals surface area contributed by atoms with Gasteiger partial charge in [0.2, 0.25) is 0 Å². The lowest BCUT2D eigenvalue weighted by Gasteiger charge is -2.38. The Kier molecular flexibility index (Phi) is 9.70. The fourth-order valence-electron chi connectivity index (χ4n) is 4.99. The van der Waals surface area contributed by atoms with Crippen LogP contribution < -0.4 is 0 Å². The van der Waals surface area contributed by atoms with E-state index < -0.39 is 5.60 Å². The second-order valence-electron chi connectivity index (χ2n) is 8.87. The van der Waals surface area contributed by atoms with Gasteiger partial charge in [0, 0.05) is 25.1 Å². The Morgan fingerprint density at radius 1 is 0.968 bits per heavy atom. The van der Waals surface area contributed by atoms with Crippen LogP contribution in [0.15, 0.2) is 54.6 Å². The van der Waals surface area contributed by atoms with Gasteiger partial charge < -0.3 is 15.5 Å².